The van der Waals surface area contributed by atoms with Gasteiger partial charge < -0.3 is 10.4 Å². The van der Waals surface area contributed by atoms with E-state index < -0.39 is 5.97 Å². The number of nitrogens with zero attached hydrogens (tertiary/aromatic N) is 2. The first kappa shape index (κ1) is 15.9. The van der Waals surface area contributed by atoms with Crippen LogP contribution in [0.1, 0.15) is 31.7 Å². The Balaban J connectivity index is 2.20. The van der Waals surface area contributed by atoms with Crippen molar-refractivity contribution in [3.05, 3.63) is 24.0 Å². The van der Waals surface area contributed by atoms with Crippen molar-refractivity contribution in [2.24, 2.45) is 13.0 Å². The number of carbonyl (C=O) groups excluding carboxylic acids is 1. The number of carboxylic acids is 1. The lowest BCUT2D eigenvalue weighted by molar-refractivity contribution is -0.137. The van der Waals surface area contributed by atoms with Crippen molar-refractivity contribution in [2.45, 2.75) is 26.2 Å². The van der Waals surface area contributed by atoms with Crippen LogP contribution in [0, 0.1) is 5.92 Å². The zero-order valence-electron chi connectivity index (χ0n) is 11.9. The normalized spacial score (nSPS) is 12.5. The third-order valence-corrected chi connectivity index (χ3v) is 2.94. The molecule has 1 aromatic heterocycles. The highest BCUT2D eigenvalue weighted by molar-refractivity contribution is 5.91. The largest absolute Gasteiger partial charge is 0.481 e. The van der Waals surface area contributed by atoms with E-state index in [4.69, 9.17) is 5.11 Å². The van der Waals surface area contributed by atoms with Gasteiger partial charge in [0.15, 0.2) is 0 Å². The molecular weight excluding hydrogens is 258 g/mol. The monoisotopic (exact) mass is 279 g/mol. The minimum Gasteiger partial charge on any atom is -0.481 e. The van der Waals surface area contributed by atoms with Crippen LogP contribution in [0.25, 0.3) is 6.08 Å². The van der Waals surface area contributed by atoms with Gasteiger partial charge in [0, 0.05) is 37.8 Å². The molecule has 20 heavy (non-hydrogen) atoms. The predicted molar refractivity (Wildman–Crippen MR) is 75.9 cm³/mol. The molecule has 0 fully saturated rings. The molecule has 1 unspecified atom stereocenters. The Hall–Kier alpha value is -2.11. The Bertz CT molecular complexity index is 480. The van der Waals surface area contributed by atoms with Gasteiger partial charge in [-0.15, -0.1) is 0 Å². The molecule has 1 atom stereocenters. The van der Waals surface area contributed by atoms with Gasteiger partial charge in [-0.2, -0.15) is 5.10 Å². The highest BCUT2D eigenvalue weighted by atomic mass is 16.4. The van der Waals surface area contributed by atoms with E-state index in [2.05, 4.69) is 10.4 Å². The summed E-state index contributed by atoms with van der Waals surface area (Å²) in [4.78, 5) is 22.0. The lowest BCUT2D eigenvalue weighted by Gasteiger charge is -2.09. The van der Waals surface area contributed by atoms with E-state index in [0.29, 0.717) is 13.0 Å². The highest BCUT2D eigenvalue weighted by Crippen LogP contribution is 2.09. The molecule has 6 nitrogen and oxygen atoms in total. The van der Waals surface area contributed by atoms with Crippen molar-refractivity contribution < 1.29 is 14.7 Å². The topological polar surface area (TPSA) is 84.2 Å². The number of aliphatic carboxylic acids is 1. The fraction of sp³-hybridized carbons (Fsp3) is 0.500. The second-order valence-corrected chi connectivity index (χ2v) is 4.90. The molecular formula is C14H21N3O3. The average molecular weight is 279 g/mol. The van der Waals surface area contributed by atoms with E-state index in [0.717, 1.165) is 12.0 Å². The van der Waals surface area contributed by atoms with Crippen molar-refractivity contribution in [3.63, 3.8) is 0 Å². The first-order chi connectivity index (χ1) is 9.47. The Morgan fingerprint density at radius 3 is 2.85 bits per heavy atom. The van der Waals surface area contributed by atoms with Crippen molar-refractivity contribution in [1.82, 2.24) is 15.1 Å². The van der Waals surface area contributed by atoms with Crippen LogP contribution in [-0.4, -0.2) is 33.3 Å². The zero-order chi connectivity index (χ0) is 15.0. The number of rotatable bonds is 8. The van der Waals surface area contributed by atoms with Crippen LogP contribution in [0.5, 0.6) is 0 Å². The molecule has 2 N–H and O–H groups in total. The van der Waals surface area contributed by atoms with E-state index in [1.165, 1.54) is 6.08 Å². The van der Waals surface area contributed by atoms with E-state index in [-0.39, 0.29) is 18.2 Å². The Morgan fingerprint density at radius 1 is 1.50 bits per heavy atom. The van der Waals surface area contributed by atoms with Crippen LogP contribution >= 0.6 is 0 Å². The quantitative estimate of drug-likeness (QED) is 0.705. The Morgan fingerprint density at radius 2 is 2.25 bits per heavy atom. The average Bonchev–Trinajstić information content (AvgIpc) is 2.80. The molecule has 1 heterocycles. The Kier molecular flexibility index (Phi) is 6.49. The standard InChI is InChI=1S/C14H21N3O3/c1-11(3-6-14(19)20)7-8-15-13(18)5-4-12-9-16-17(2)10-12/h4-5,9-11H,3,6-8H2,1-2H3,(H,15,18)(H,19,20). The summed E-state index contributed by atoms with van der Waals surface area (Å²) in [6.07, 6.45) is 8.26. The summed E-state index contributed by atoms with van der Waals surface area (Å²) >= 11 is 0. The molecule has 6 heteroatoms. The van der Waals surface area contributed by atoms with Crippen LogP contribution in [-0.2, 0) is 16.6 Å². The number of hydrogen-bond acceptors (Lipinski definition) is 3. The molecule has 0 saturated carbocycles. The number of aryl methyl sites for hydroxylation is 1. The number of amides is 1. The predicted octanol–water partition coefficient (Wildman–Crippen LogP) is 1.44. The van der Waals surface area contributed by atoms with Gasteiger partial charge in [0.2, 0.25) is 5.91 Å². The fourth-order valence-corrected chi connectivity index (χ4v) is 1.71. The van der Waals surface area contributed by atoms with E-state index in [1.54, 1.807) is 17.0 Å². The summed E-state index contributed by atoms with van der Waals surface area (Å²) in [5, 5.41) is 15.3. The van der Waals surface area contributed by atoms with Gasteiger partial charge in [0.05, 0.1) is 6.20 Å². The van der Waals surface area contributed by atoms with Gasteiger partial charge in [-0.3, -0.25) is 14.3 Å². The molecule has 0 radical (unpaired) electrons. The minimum absolute atomic E-state index is 0.153. The molecule has 0 saturated heterocycles. The lowest BCUT2D eigenvalue weighted by Crippen LogP contribution is -2.23. The summed E-state index contributed by atoms with van der Waals surface area (Å²) in [5.74, 6) is -0.645. The van der Waals surface area contributed by atoms with Gasteiger partial charge >= 0.3 is 5.97 Å². The summed E-state index contributed by atoms with van der Waals surface area (Å²) in [7, 11) is 1.82. The third-order valence-electron chi connectivity index (χ3n) is 2.94. The molecule has 0 aliphatic heterocycles. The Labute approximate surface area is 118 Å². The maximum atomic E-state index is 11.6. The van der Waals surface area contributed by atoms with Gasteiger partial charge in [0.1, 0.15) is 0 Å². The van der Waals surface area contributed by atoms with Gasteiger partial charge in [-0.1, -0.05) is 6.92 Å². The molecule has 1 rings (SSSR count). The second-order valence-electron chi connectivity index (χ2n) is 4.90. The molecule has 1 aromatic rings. The van der Waals surface area contributed by atoms with E-state index >= 15 is 0 Å². The van der Waals surface area contributed by atoms with Gasteiger partial charge in [-0.25, -0.2) is 0 Å². The molecule has 0 aliphatic carbocycles. The van der Waals surface area contributed by atoms with Crippen LogP contribution in [0.15, 0.2) is 18.5 Å². The summed E-state index contributed by atoms with van der Waals surface area (Å²) in [6, 6.07) is 0. The van der Waals surface area contributed by atoms with Crippen molar-refractivity contribution >= 4 is 18.0 Å². The number of aromatic nitrogens is 2. The summed E-state index contributed by atoms with van der Waals surface area (Å²) in [6.45, 7) is 2.54. The first-order valence-corrected chi connectivity index (χ1v) is 6.63. The molecule has 1 amide bonds. The maximum Gasteiger partial charge on any atom is 0.303 e. The molecule has 0 bridgehead atoms. The van der Waals surface area contributed by atoms with Crippen molar-refractivity contribution in [2.75, 3.05) is 6.54 Å². The van der Waals surface area contributed by atoms with Crippen LogP contribution in [0.2, 0.25) is 0 Å². The lowest BCUT2D eigenvalue weighted by atomic mass is 10.0. The highest BCUT2D eigenvalue weighted by Gasteiger charge is 2.05. The van der Waals surface area contributed by atoms with Crippen molar-refractivity contribution in [1.29, 1.82) is 0 Å². The summed E-state index contributed by atoms with van der Waals surface area (Å²) < 4.78 is 1.67. The smallest absolute Gasteiger partial charge is 0.303 e. The molecule has 110 valence electrons. The fourth-order valence-electron chi connectivity index (χ4n) is 1.71. The molecule has 0 aliphatic rings. The summed E-state index contributed by atoms with van der Waals surface area (Å²) in [5.41, 5.74) is 0.873. The van der Waals surface area contributed by atoms with Gasteiger partial charge in [-0.05, 0) is 24.8 Å². The first-order valence-electron chi connectivity index (χ1n) is 6.63. The van der Waals surface area contributed by atoms with E-state index in [1.807, 2.05) is 20.2 Å². The minimum atomic E-state index is -0.778. The van der Waals surface area contributed by atoms with Crippen LogP contribution < -0.4 is 5.32 Å². The molecule has 0 spiro atoms. The maximum absolute atomic E-state index is 11.6. The van der Waals surface area contributed by atoms with Crippen LogP contribution in [0.4, 0.5) is 0 Å². The van der Waals surface area contributed by atoms with Gasteiger partial charge in [0.25, 0.3) is 0 Å². The number of hydrogen-bond donors (Lipinski definition) is 2. The number of carbonyl (C=O) groups is 2. The second kappa shape index (κ2) is 8.14. The SMILES string of the molecule is CC(CCNC(=O)C=Cc1cnn(C)c1)CCC(=O)O. The zero-order valence-corrected chi connectivity index (χ0v) is 11.9. The number of nitrogens with one attached hydrogen (secondary N) is 1. The van der Waals surface area contributed by atoms with E-state index in [9.17, 15) is 9.59 Å². The third kappa shape index (κ3) is 6.72. The van der Waals surface area contributed by atoms with Crippen LogP contribution in [0.3, 0.4) is 0 Å². The molecule has 0 aromatic carbocycles. The number of carboxylic acid groups (broad SMARTS) is 1. The van der Waals surface area contributed by atoms with Crippen molar-refractivity contribution in [3.8, 4) is 0 Å².